The van der Waals surface area contributed by atoms with Crippen molar-refractivity contribution < 1.29 is 9.53 Å². The van der Waals surface area contributed by atoms with E-state index in [0.29, 0.717) is 11.5 Å². The van der Waals surface area contributed by atoms with E-state index in [1.807, 2.05) is 19.1 Å². The van der Waals surface area contributed by atoms with Crippen molar-refractivity contribution in [2.24, 2.45) is 0 Å². The van der Waals surface area contributed by atoms with Crippen molar-refractivity contribution in [3.8, 4) is 0 Å². The summed E-state index contributed by atoms with van der Waals surface area (Å²) in [6.07, 6.45) is 0.145. The molecule has 0 saturated carbocycles. The Kier molecular flexibility index (Phi) is 2.37. The third-order valence-electron chi connectivity index (χ3n) is 2.07. The summed E-state index contributed by atoms with van der Waals surface area (Å²) in [6, 6.07) is 3.79. The number of hydrogen-bond donors (Lipinski definition) is 1. The molecule has 0 aliphatic rings. The number of aryl methyl sites for hydroxylation is 1. The molecule has 1 N–H and O–H groups in total. The van der Waals surface area contributed by atoms with Crippen LogP contribution in [0.15, 0.2) is 12.1 Å². The number of imidazole rings is 1. The molecule has 0 atom stereocenters. The second-order valence-electron chi connectivity index (χ2n) is 3.26. The molecule has 0 fully saturated rings. The number of fused-ring (bicyclic) bond motifs is 1. The van der Waals surface area contributed by atoms with Gasteiger partial charge < -0.3 is 9.72 Å². The van der Waals surface area contributed by atoms with E-state index >= 15 is 0 Å². The molecule has 0 bridgehead atoms. The van der Waals surface area contributed by atoms with Gasteiger partial charge in [0.05, 0.1) is 12.6 Å². The van der Waals surface area contributed by atoms with E-state index < -0.39 is 0 Å². The van der Waals surface area contributed by atoms with Gasteiger partial charge in [0.25, 0.3) is 0 Å². The maximum atomic E-state index is 11.0. The van der Waals surface area contributed by atoms with Crippen LogP contribution in [0.25, 0.3) is 11.2 Å². The summed E-state index contributed by atoms with van der Waals surface area (Å²) in [6.45, 7) is 1.90. The lowest BCUT2D eigenvalue weighted by Crippen LogP contribution is -2.05. The second-order valence-corrected chi connectivity index (χ2v) is 3.26. The molecule has 2 heterocycles. The summed E-state index contributed by atoms with van der Waals surface area (Å²) in [4.78, 5) is 22.5. The van der Waals surface area contributed by atoms with Gasteiger partial charge in [0.2, 0.25) is 0 Å². The smallest absolute Gasteiger partial charge is 0.313 e. The Morgan fingerprint density at radius 2 is 2.27 bits per heavy atom. The molecule has 0 aliphatic carbocycles. The predicted molar refractivity (Wildman–Crippen MR) is 54.3 cm³/mol. The molecule has 5 heteroatoms. The van der Waals surface area contributed by atoms with E-state index in [1.54, 1.807) is 0 Å². The number of H-pyrrole nitrogens is 1. The molecule has 0 spiro atoms. The Morgan fingerprint density at radius 1 is 1.47 bits per heavy atom. The van der Waals surface area contributed by atoms with Crippen LogP contribution in [-0.2, 0) is 16.0 Å². The molecule has 0 amide bonds. The summed E-state index contributed by atoms with van der Waals surface area (Å²) in [5.41, 5.74) is 2.37. The van der Waals surface area contributed by atoms with E-state index in [2.05, 4.69) is 19.7 Å². The summed E-state index contributed by atoms with van der Waals surface area (Å²) in [5.74, 6) is 0.265. The first-order chi connectivity index (χ1) is 7.19. The largest absolute Gasteiger partial charge is 0.469 e. The van der Waals surface area contributed by atoms with Crippen LogP contribution in [0.1, 0.15) is 11.5 Å². The van der Waals surface area contributed by atoms with Crippen molar-refractivity contribution >= 4 is 17.1 Å². The van der Waals surface area contributed by atoms with Gasteiger partial charge in [-0.2, -0.15) is 0 Å². The van der Waals surface area contributed by atoms with Gasteiger partial charge in [0, 0.05) is 5.69 Å². The number of pyridine rings is 1. The van der Waals surface area contributed by atoms with Gasteiger partial charge in [-0.25, -0.2) is 9.97 Å². The monoisotopic (exact) mass is 205 g/mol. The standard InChI is InChI=1S/C10H11N3O2/c1-6-3-4-7-10(11-6)13-8(12-7)5-9(14)15-2/h3-4H,5H2,1-2H3,(H,11,12,13). The second kappa shape index (κ2) is 3.68. The van der Waals surface area contributed by atoms with E-state index in [1.165, 1.54) is 7.11 Å². The summed E-state index contributed by atoms with van der Waals surface area (Å²) in [7, 11) is 1.35. The number of esters is 1. The number of carbonyl (C=O) groups is 1. The Balaban J connectivity index is 2.34. The molecular weight excluding hydrogens is 194 g/mol. The molecule has 0 saturated heterocycles. The van der Waals surface area contributed by atoms with Gasteiger partial charge >= 0.3 is 5.97 Å². The first kappa shape index (κ1) is 9.64. The third-order valence-corrected chi connectivity index (χ3v) is 2.07. The zero-order valence-corrected chi connectivity index (χ0v) is 8.57. The van der Waals surface area contributed by atoms with Crippen LogP contribution in [0.2, 0.25) is 0 Å². The molecule has 0 radical (unpaired) electrons. The van der Waals surface area contributed by atoms with Crippen LogP contribution in [0.5, 0.6) is 0 Å². The van der Waals surface area contributed by atoms with Crippen LogP contribution in [0, 0.1) is 6.92 Å². The number of nitrogens with zero attached hydrogens (tertiary/aromatic N) is 2. The molecule has 2 aromatic heterocycles. The molecule has 0 aromatic carbocycles. The zero-order chi connectivity index (χ0) is 10.8. The van der Waals surface area contributed by atoms with Gasteiger partial charge in [-0.05, 0) is 19.1 Å². The van der Waals surface area contributed by atoms with Crippen LogP contribution < -0.4 is 0 Å². The molecule has 0 unspecified atom stereocenters. The Hall–Kier alpha value is -1.91. The number of carbonyl (C=O) groups excluding carboxylic acids is 1. The van der Waals surface area contributed by atoms with E-state index in [0.717, 1.165) is 11.2 Å². The fraction of sp³-hybridized carbons (Fsp3) is 0.300. The fourth-order valence-electron chi connectivity index (χ4n) is 1.33. The predicted octanol–water partition coefficient (Wildman–Crippen LogP) is 0.982. The van der Waals surface area contributed by atoms with Crippen molar-refractivity contribution in [2.45, 2.75) is 13.3 Å². The highest BCUT2D eigenvalue weighted by Gasteiger charge is 2.08. The highest BCUT2D eigenvalue weighted by atomic mass is 16.5. The maximum absolute atomic E-state index is 11.0. The average Bonchev–Trinajstić information content (AvgIpc) is 2.59. The Morgan fingerprint density at radius 3 is 3.00 bits per heavy atom. The lowest BCUT2D eigenvalue weighted by atomic mass is 10.3. The summed E-state index contributed by atoms with van der Waals surface area (Å²) >= 11 is 0. The van der Waals surface area contributed by atoms with E-state index in [4.69, 9.17) is 0 Å². The zero-order valence-electron chi connectivity index (χ0n) is 8.57. The number of ether oxygens (including phenoxy) is 1. The molecular formula is C10H11N3O2. The van der Waals surface area contributed by atoms with Gasteiger partial charge in [0.1, 0.15) is 12.2 Å². The van der Waals surface area contributed by atoms with Crippen molar-refractivity contribution in [3.63, 3.8) is 0 Å². The Bertz CT molecular complexity index is 504. The number of nitrogens with one attached hydrogen (secondary N) is 1. The Labute approximate surface area is 86.5 Å². The number of aromatic nitrogens is 3. The molecule has 78 valence electrons. The lowest BCUT2D eigenvalue weighted by Gasteiger charge is -1.93. The summed E-state index contributed by atoms with van der Waals surface area (Å²) in [5, 5.41) is 0. The van der Waals surface area contributed by atoms with Crippen molar-refractivity contribution in [1.29, 1.82) is 0 Å². The van der Waals surface area contributed by atoms with Crippen molar-refractivity contribution in [2.75, 3.05) is 7.11 Å². The average molecular weight is 205 g/mol. The van der Waals surface area contributed by atoms with Gasteiger partial charge in [-0.15, -0.1) is 0 Å². The van der Waals surface area contributed by atoms with Crippen LogP contribution in [0.4, 0.5) is 0 Å². The van der Waals surface area contributed by atoms with Crippen LogP contribution >= 0.6 is 0 Å². The minimum absolute atomic E-state index is 0.145. The molecule has 2 rings (SSSR count). The molecule has 15 heavy (non-hydrogen) atoms. The van der Waals surface area contributed by atoms with E-state index in [-0.39, 0.29) is 12.4 Å². The molecule has 5 nitrogen and oxygen atoms in total. The number of methoxy groups -OCH3 is 1. The first-order valence-corrected chi connectivity index (χ1v) is 4.58. The highest BCUT2D eigenvalue weighted by Crippen LogP contribution is 2.09. The van der Waals surface area contributed by atoms with Crippen LogP contribution in [-0.4, -0.2) is 28.0 Å². The maximum Gasteiger partial charge on any atom is 0.313 e. The summed E-state index contributed by atoms with van der Waals surface area (Å²) < 4.78 is 4.55. The quantitative estimate of drug-likeness (QED) is 0.742. The molecule has 0 aliphatic heterocycles. The lowest BCUT2D eigenvalue weighted by molar-refractivity contribution is -0.139. The SMILES string of the molecule is COC(=O)Cc1nc2nc(C)ccc2[nH]1. The highest BCUT2D eigenvalue weighted by molar-refractivity contribution is 5.75. The topological polar surface area (TPSA) is 67.9 Å². The minimum Gasteiger partial charge on any atom is -0.469 e. The first-order valence-electron chi connectivity index (χ1n) is 4.58. The number of aromatic amines is 1. The van der Waals surface area contributed by atoms with E-state index in [9.17, 15) is 4.79 Å². The number of rotatable bonds is 2. The van der Waals surface area contributed by atoms with Gasteiger partial charge in [-0.3, -0.25) is 4.79 Å². The van der Waals surface area contributed by atoms with Crippen molar-refractivity contribution in [3.05, 3.63) is 23.7 Å². The van der Waals surface area contributed by atoms with Crippen molar-refractivity contribution in [1.82, 2.24) is 15.0 Å². The fourth-order valence-corrected chi connectivity index (χ4v) is 1.33. The van der Waals surface area contributed by atoms with Crippen LogP contribution in [0.3, 0.4) is 0 Å². The normalized spacial score (nSPS) is 10.5. The van der Waals surface area contributed by atoms with Gasteiger partial charge in [0.15, 0.2) is 5.65 Å². The minimum atomic E-state index is -0.314. The third kappa shape index (κ3) is 1.96. The van der Waals surface area contributed by atoms with Gasteiger partial charge in [-0.1, -0.05) is 0 Å². The number of hydrogen-bond acceptors (Lipinski definition) is 4. The molecule has 2 aromatic rings.